The van der Waals surface area contributed by atoms with Crippen LogP contribution in [-0.2, 0) is 10.0 Å². The molecule has 0 fully saturated rings. The van der Waals surface area contributed by atoms with Crippen molar-refractivity contribution in [1.82, 2.24) is 10.2 Å². The van der Waals surface area contributed by atoms with Crippen LogP contribution in [0.5, 0.6) is 5.75 Å². The molecule has 1 aromatic heterocycles. The molecule has 0 saturated heterocycles. The summed E-state index contributed by atoms with van der Waals surface area (Å²) in [6.07, 6.45) is 1.06. The number of H-pyrrole nitrogens is 1. The smallest absolute Gasteiger partial charge is 0.229 e. The molecule has 2 N–H and O–H groups in total. The van der Waals surface area contributed by atoms with Crippen LogP contribution in [0, 0.1) is 5.82 Å². The lowest BCUT2D eigenvalue weighted by Crippen LogP contribution is -2.10. The minimum absolute atomic E-state index is 0.293. The van der Waals surface area contributed by atoms with Crippen LogP contribution in [0.2, 0.25) is 0 Å². The Morgan fingerprint density at radius 2 is 2.04 bits per heavy atom. The minimum Gasteiger partial charge on any atom is -0.494 e. The van der Waals surface area contributed by atoms with Crippen molar-refractivity contribution in [2.45, 2.75) is 0 Å². The molecule has 0 atom stereocenters. The van der Waals surface area contributed by atoms with Gasteiger partial charge in [0.15, 0.2) is 0 Å². The first-order chi connectivity index (χ1) is 10.9. The van der Waals surface area contributed by atoms with Gasteiger partial charge in [0.25, 0.3) is 0 Å². The summed E-state index contributed by atoms with van der Waals surface area (Å²) in [6.45, 7) is 0. The van der Waals surface area contributed by atoms with Gasteiger partial charge in [-0.25, -0.2) is 12.8 Å². The van der Waals surface area contributed by atoms with Crippen molar-refractivity contribution in [3.05, 3.63) is 42.2 Å². The fraction of sp³-hybridized carbons (Fsp3) is 0.133. The molecular formula is C15H14FN3O3S. The SMILES string of the molecule is COc1cc2[nH]nc(-c3cccc(F)c3)c2cc1NS(C)(=O)=O. The quantitative estimate of drug-likeness (QED) is 0.768. The zero-order chi connectivity index (χ0) is 16.6. The molecule has 0 bridgehead atoms. The van der Waals surface area contributed by atoms with Crippen molar-refractivity contribution in [3.63, 3.8) is 0 Å². The molecule has 0 aliphatic rings. The van der Waals surface area contributed by atoms with E-state index in [0.29, 0.717) is 33.6 Å². The van der Waals surface area contributed by atoms with E-state index in [2.05, 4.69) is 14.9 Å². The van der Waals surface area contributed by atoms with Gasteiger partial charge in [0.1, 0.15) is 17.3 Å². The number of aromatic nitrogens is 2. The van der Waals surface area contributed by atoms with Crippen LogP contribution >= 0.6 is 0 Å². The first kappa shape index (κ1) is 15.3. The lowest BCUT2D eigenvalue weighted by atomic mass is 10.1. The predicted octanol–water partition coefficient (Wildman–Crippen LogP) is 2.75. The molecule has 0 spiro atoms. The Morgan fingerprint density at radius 1 is 1.26 bits per heavy atom. The summed E-state index contributed by atoms with van der Waals surface area (Å²) in [7, 11) is -2.02. The summed E-state index contributed by atoms with van der Waals surface area (Å²) < 4.78 is 44.0. The number of ether oxygens (including phenoxy) is 1. The summed E-state index contributed by atoms with van der Waals surface area (Å²) in [5.74, 6) is -0.0148. The Balaban J connectivity index is 2.21. The topological polar surface area (TPSA) is 84.1 Å². The van der Waals surface area contributed by atoms with Gasteiger partial charge in [-0.1, -0.05) is 12.1 Å². The molecule has 8 heteroatoms. The van der Waals surface area contributed by atoms with Crippen molar-refractivity contribution in [1.29, 1.82) is 0 Å². The Kier molecular flexibility index (Phi) is 3.69. The maximum absolute atomic E-state index is 13.4. The lowest BCUT2D eigenvalue weighted by molar-refractivity contribution is 0.417. The Labute approximate surface area is 132 Å². The molecule has 0 unspecified atom stereocenters. The van der Waals surface area contributed by atoms with Gasteiger partial charge in [0, 0.05) is 17.0 Å². The maximum atomic E-state index is 13.4. The first-order valence-corrected chi connectivity index (χ1v) is 8.56. The normalized spacial score (nSPS) is 11.6. The van der Waals surface area contributed by atoms with Gasteiger partial charge in [-0.05, 0) is 18.2 Å². The van der Waals surface area contributed by atoms with E-state index in [-0.39, 0.29) is 5.82 Å². The van der Waals surface area contributed by atoms with Crippen molar-refractivity contribution < 1.29 is 17.5 Å². The van der Waals surface area contributed by atoms with Gasteiger partial charge in [0.2, 0.25) is 10.0 Å². The van der Waals surface area contributed by atoms with Gasteiger partial charge in [-0.2, -0.15) is 5.10 Å². The summed E-state index contributed by atoms with van der Waals surface area (Å²) in [5, 5.41) is 7.69. The number of methoxy groups -OCH3 is 1. The van der Waals surface area contributed by atoms with Crippen LogP contribution in [-0.4, -0.2) is 32.0 Å². The minimum atomic E-state index is -3.47. The van der Waals surface area contributed by atoms with E-state index in [1.54, 1.807) is 24.3 Å². The number of anilines is 1. The van der Waals surface area contributed by atoms with Gasteiger partial charge < -0.3 is 4.74 Å². The van der Waals surface area contributed by atoms with E-state index < -0.39 is 10.0 Å². The van der Waals surface area contributed by atoms with Crippen LogP contribution in [0.25, 0.3) is 22.2 Å². The highest BCUT2D eigenvalue weighted by Gasteiger charge is 2.15. The number of rotatable bonds is 4. The Morgan fingerprint density at radius 3 is 2.70 bits per heavy atom. The van der Waals surface area contributed by atoms with E-state index >= 15 is 0 Å². The van der Waals surface area contributed by atoms with Crippen LogP contribution in [0.1, 0.15) is 0 Å². The van der Waals surface area contributed by atoms with E-state index in [1.807, 2.05) is 0 Å². The first-order valence-electron chi connectivity index (χ1n) is 6.67. The third kappa shape index (κ3) is 3.11. The molecular weight excluding hydrogens is 321 g/mol. The number of aromatic amines is 1. The van der Waals surface area contributed by atoms with E-state index in [0.717, 1.165) is 6.26 Å². The fourth-order valence-electron chi connectivity index (χ4n) is 2.35. The molecule has 0 saturated carbocycles. The highest BCUT2D eigenvalue weighted by Crippen LogP contribution is 2.34. The van der Waals surface area contributed by atoms with Crippen molar-refractivity contribution in [2.75, 3.05) is 18.1 Å². The average Bonchev–Trinajstić information content (AvgIpc) is 2.87. The highest BCUT2D eigenvalue weighted by atomic mass is 32.2. The van der Waals surface area contributed by atoms with E-state index in [1.165, 1.54) is 19.2 Å². The Bertz CT molecular complexity index is 983. The molecule has 0 aliphatic heterocycles. The number of halogens is 1. The number of benzene rings is 2. The standard InChI is InChI=1S/C15H14FN3O3S/c1-22-14-8-12-11(7-13(14)19-23(2,20)21)15(18-17-12)9-4-3-5-10(16)6-9/h3-8,19H,1-2H3,(H,17,18). The molecule has 23 heavy (non-hydrogen) atoms. The molecule has 6 nitrogen and oxygen atoms in total. The zero-order valence-electron chi connectivity index (χ0n) is 12.4. The summed E-state index contributed by atoms with van der Waals surface area (Å²) in [4.78, 5) is 0. The molecule has 120 valence electrons. The largest absolute Gasteiger partial charge is 0.494 e. The molecule has 0 aliphatic carbocycles. The lowest BCUT2D eigenvalue weighted by Gasteiger charge is -2.10. The second-order valence-electron chi connectivity index (χ2n) is 5.05. The number of hydrogen-bond acceptors (Lipinski definition) is 4. The van der Waals surface area contributed by atoms with Crippen LogP contribution in [0.15, 0.2) is 36.4 Å². The number of nitrogens with one attached hydrogen (secondary N) is 2. The van der Waals surface area contributed by atoms with Crippen LogP contribution in [0.3, 0.4) is 0 Å². The molecule has 0 radical (unpaired) electrons. The zero-order valence-corrected chi connectivity index (χ0v) is 13.2. The van der Waals surface area contributed by atoms with Gasteiger partial charge in [-0.3, -0.25) is 9.82 Å². The van der Waals surface area contributed by atoms with Gasteiger partial charge >= 0.3 is 0 Å². The second-order valence-corrected chi connectivity index (χ2v) is 6.80. The van der Waals surface area contributed by atoms with Gasteiger partial charge in [-0.15, -0.1) is 0 Å². The van der Waals surface area contributed by atoms with Crippen LogP contribution in [0.4, 0.5) is 10.1 Å². The third-order valence-corrected chi connectivity index (χ3v) is 3.87. The number of sulfonamides is 1. The number of nitrogens with zero attached hydrogens (tertiary/aromatic N) is 1. The van der Waals surface area contributed by atoms with Gasteiger partial charge in [0.05, 0.1) is 24.6 Å². The second kappa shape index (κ2) is 5.54. The van der Waals surface area contributed by atoms with E-state index in [9.17, 15) is 12.8 Å². The molecule has 3 rings (SSSR count). The molecule has 0 amide bonds. The summed E-state index contributed by atoms with van der Waals surface area (Å²) in [5.41, 5.74) is 2.06. The maximum Gasteiger partial charge on any atom is 0.229 e. The molecule has 1 heterocycles. The van der Waals surface area contributed by atoms with Crippen molar-refractivity contribution >= 4 is 26.6 Å². The van der Waals surface area contributed by atoms with Crippen molar-refractivity contribution in [2.24, 2.45) is 0 Å². The Hall–Kier alpha value is -2.61. The average molecular weight is 335 g/mol. The molecule has 3 aromatic rings. The third-order valence-electron chi connectivity index (χ3n) is 3.28. The summed E-state index contributed by atoms with van der Waals surface area (Å²) in [6, 6.07) is 9.27. The number of hydrogen-bond donors (Lipinski definition) is 2. The fourth-order valence-corrected chi connectivity index (χ4v) is 2.91. The number of fused-ring (bicyclic) bond motifs is 1. The molecule has 2 aromatic carbocycles. The summed E-state index contributed by atoms with van der Waals surface area (Å²) >= 11 is 0. The van der Waals surface area contributed by atoms with Crippen LogP contribution < -0.4 is 9.46 Å². The highest BCUT2D eigenvalue weighted by molar-refractivity contribution is 7.92. The van der Waals surface area contributed by atoms with Crippen molar-refractivity contribution in [3.8, 4) is 17.0 Å². The predicted molar refractivity (Wildman–Crippen MR) is 86.5 cm³/mol. The van der Waals surface area contributed by atoms with E-state index in [4.69, 9.17) is 4.74 Å². The monoisotopic (exact) mass is 335 g/mol.